The fourth-order valence-corrected chi connectivity index (χ4v) is 3.77. The third-order valence-electron chi connectivity index (χ3n) is 5.12. The van der Waals surface area contributed by atoms with E-state index in [1.807, 2.05) is 0 Å². The van der Waals surface area contributed by atoms with Crippen LogP contribution in [-0.4, -0.2) is 55.3 Å². The average Bonchev–Trinajstić information content (AvgIpc) is 2.96. The molecule has 0 saturated carbocycles. The summed E-state index contributed by atoms with van der Waals surface area (Å²) in [5.74, 6) is -1.33. The van der Waals surface area contributed by atoms with Gasteiger partial charge in [0, 0.05) is 37.9 Å². The standard InChI is InChI=1S/C19H17ClFN5O5/c20-12-2-1-10(7-13(12)21)15-11(8-25(19(29)30)5-6-31-15)9-26-17(27)14-16(24-18(26)28)23-4-3-22-14/h1-4,7,11,15H,5-6,8-9H2,(H,29,30)(H,23,24,28)/t11-,15-/m0/s1. The maximum Gasteiger partial charge on any atom is 0.407 e. The second-order valence-corrected chi connectivity index (χ2v) is 7.46. The summed E-state index contributed by atoms with van der Waals surface area (Å²) in [7, 11) is 0. The number of rotatable bonds is 3. The molecule has 3 aromatic rings. The second kappa shape index (κ2) is 8.44. The van der Waals surface area contributed by atoms with Crippen LogP contribution in [0.5, 0.6) is 0 Å². The van der Waals surface area contributed by atoms with E-state index in [0.29, 0.717) is 5.56 Å². The number of halogens is 2. The van der Waals surface area contributed by atoms with E-state index < -0.39 is 35.2 Å². The van der Waals surface area contributed by atoms with Gasteiger partial charge in [-0.15, -0.1) is 0 Å². The Morgan fingerprint density at radius 3 is 2.84 bits per heavy atom. The first-order valence-electron chi connectivity index (χ1n) is 9.33. The predicted octanol–water partition coefficient (Wildman–Crippen LogP) is 1.64. The van der Waals surface area contributed by atoms with Gasteiger partial charge >= 0.3 is 11.8 Å². The normalized spacial score (nSPS) is 19.4. The van der Waals surface area contributed by atoms with Crippen molar-refractivity contribution in [3.8, 4) is 0 Å². The minimum atomic E-state index is -1.16. The van der Waals surface area contributed by atoms with Crippen LogP contribution in [0.25, 0.3) is 11.2 Å². The number of fused-ring (bicyclic) bond motifs is 1. The van der Waals surface area contributed by atoms with Crippen molar-refractivity contribution in [1.82, 2.24) is 24.4 Å². The fourth-order valence-electron chi connectivity index (χ4n) is 3.66. The summed E-state index contributed by atoms with van der Waals surface area (Å²) >= 11 is 5.77. The van der Waals surface area contributed by atoms with Gasteiger partial charge in [-0.05, 0) is 17.7 Å². The molecule has 1 amide bonds. The number of nitrogens with zero attached hydrogens (tertiary/aromatic N) is 4. The molecule has 0 bridgehead atoms. The topological polar surface area (TPSA) is 130 Å². The minimum absolute atomic E-state index is 0.0270. The quantitative estimate of drug-likeness (QED) is 0.621. The van der Waals surface area contributed by atoms with Crippen LogP contribution >= 0.6 is 11.6 Å². The number of nitrogens with one attached hydrogen (secondary N) is 1. The van der Waals surface area contributed by atoms with Gasteiger partial charge in [0.15, 0.2) is 11.2 Å². The molecular weight excluding hydrogens is 433 g/mol. The van der Waals surface area contributed by atoms with Crippen LogP contribution in [0.1, 0.15) is 11.7 Å². The Hall–Kier alpha value is -3.31. The van der Waals surface area contributed by atoms with E-state index in [1.165, 1.54) is 24.5 Å². The first-order valence-corrected chi connectivity index (χ1v) is 9.71. The maximum atomic E-state index is 14.1. The van der Waals surface area contributed by atoms with Crippen molar-refractivity contribution in [3.05, 3.63) is 67.8 Å². The van der Waals surface area contributed by atoms with Crippen LogP contribution in [0.4, 0.5) is 9.18 Å². The van der Waals surface area contributed by atoms with Crippen molar-refractivity contribution in [2.24, 2.45) is 5.92 Å². The number of hydrogen-bond acceptors (Lipinski definition) is 6. The molecule has 0 unspecified atom stereocenters. The molecule has 12 heteroatoms. The Balaban J connectivity index is 1.78. The number of amides is 1. The van der Waals surface area contributed by atoms with Gasteiger partial charge in [-0.25, -0.2) is 23.9 Å². The van der Waals surface area contributed by atoms with Crippen molar-refractivity contribution in [3.63, 3.8) is 0 Å². The van der Waals surface area contributed by atoms with Crippen LogP contribution in [0.15, 0.2) is 40.2 Å². The summed E-state index contributed by atoms with van der Waals surface area (Å²) in [6.45, 7) is -0.0625. The Labute approximate surface area is 178 Å². The van der Waals surface area contributed by atoms with E-state index in [1.54, 1.807) is 6.07 Å². The van der Waals surface area contributed by atoms with Crippen molar-refractivity contribution in [1.29, 1.82) is 0 Å². The molecule has 162 valence electrons. The minimum Gasteiger partial charge on any atom is -0.465 e. The van der Waals surface area contributed by atoms with Crippen LogP contribution < -0.4 is 11.2 Å². The smallest absolute Gasteiger partial charge is 0.407 e. The van der Waals surface area contributed by atoms with Crippen LogP contribution in [-0.2, 0) is 11.3 Å². The molecule has 1 aromatic carbocycles. The van der Waals surface area contributed by atoms with Crippen molar-refractivity contribution in [2.75, 3.05) is 19.7 Å². The molecule has 1 saturated heterocycles. The summed E-state index contributed by atoms with van der Waals surface area (Å²) in [4.78, 5) is 48.5. The van der Waals surface area contributed by atoms with E-state index in [9.17, 15) is 23.9 Å². The molecular formula is C19H17ClFN5O5. The lowest BCUT2D eigenvalue weighted by molar-refractivity contribution is 0.0245. The van der Waals surface area contributed by atoms with Crippen molar-refractivity contribution < 1.29 is 19.0 Å². The van der Waals surface area contributed by atoms with E-state index in [-0.39, 0.29) is 42.4 Å². The molecule has 1 fully saturated rings. The van der Waals surface area contributed by atoms with E-state index in [4.69, 9.17) is 16.3 Å². The Kier molecular flexibility index (Phi) is 5.70. The molecule has 1 aliphatic heterocycles. The van der Waals surface area contributed by atoms with Gasteiger partial charge in [-0.2, -0.15) is 0 Å². The lowest BCUT2D eigenvalue weighted by Crippen LogP contribution is -2.42. The summed E-state index contributed by atoms with van der Waals surface area (Å²) in [6, 6.07) is 4.14. The summed E-state index contributed by atoms with van der Waals surface area (Å²) in [5, 5.41) is 9.41. The monoisotopic (exact) mass is 449 g/mol. The Bertz CT molecular complexity index is 1260. The van der Waals surface area contributed by atoms with Gasteiger partial charge in [0.25, 0.3) is 5.56 Å². The highest BCUT2D eigenvalue weighted by Crippen LogP contribution is 2.32. The number of carboxylic acid groups (broad SMARTS) is 1. The number of H-pyrrole nitrogens is 1. The van der Waals surface area contributed by atoms with Gasteiger partial charge in [0.2, 0.25) is 0 Å². The number of aromatic nitrogens is 4. The molecule has 31 heavy (non-hydrogen) atoms. The van der Waals surface area contributed by atoms with Gasteiger partial charge in [0.05, 0.1) is 17.7 Å². The molecule has 0 radical (unpaired) electrons. The average molecular weight is 450 g/mol. The number of ether oxygens (including phenoxy) is 1. The number of carbonyl (C=O) groups is 1. The third kappa shape index (κ3) is 4.14. The van der Waals surface area contributed by atoms with Gasteiger partial charge in [-0.3, -0.25) is 14.3 Å². The SMILES string of the molecule is O=C(O)N1CCO[C@@H](c2ccc(Cl)c(F)c2)[C@H](Cn2c(=O)[nH]c3nccnc3c2=O)C1. The number of aromatic amines is 1. The molecule has 2 N–H and O–H groups in total. The third-order valence-corrected chi connectivity index (χ3v) is 5.42. The highest BCUT2D eigenvalue weighted by atomic mass is 35.5. The van der Waals surface area contributed by atoms with Gasteiger partial charge < -0.3 is 14.7 Å². The molecule has 3 heterocycles. The van der Waals surface area contributed by atoms with Crippen LogP contribution in [0.3, 0.4) is 0 Å². The van der Waals surface area contributed by atoms with E-state index >= 15 is 0 Å². The largest absolute Gasteiger partial charge is 0.465 e. The predicted molar refractivity (Wildman–Crippen MR) is 108 cm³/mol. The molecule has 2 atom stereocenters. The summed E-state index contributed by atoms with van der Waals surface area (Å²) in [5.41, 5.74) is -0.941. The summed E-state index contributed by atoms with van der Waals surface area (Å²) in [6.07, 6.45) is 0.728. The van der Waals surface area contributed by atoms with E-state index in [0.717, 1.165) is 9.47 Å². The molecule has 10 nitrogen and oxygen atoms in total. The fraction of sp³-hybridized carbons (Fsp3) is 0.316. The van der Waals surface area contributed by atoms with Gasteiger partial charge in [-0.1, -0.05) is 17.7 Å². The summed E-state index contributed by atoms with van der Waals surface area (Å²) < 4.78 is 20.9. The van der Waals surface area contributed by atoms with Crippen molar-refractivity contribution >= 4 is 28.9 Å². The maximum absolute atomic E-state index is 14.1. The molecule has 0 spiro atoms. The molecule has 0 aliphatic carbocycles. The highest BCUT2D eigenvalue weighted by molar-refractivity contribution is 6.30. The number of benzene rings is 1. The zero-order valence-corrected chi connectivity index (χ0v) is 16.8. The lowest BCUT2D eigenvalue weighted by atomic mass is 9.94. The molecule has 1 aliphatic rings. The van der Waals surface area contributed by atoms with Gasteiger partial charge in [0.1, 0.15) is 5.82 Å². The molecule has 2 aromatic heterocycles. The molecule has 4 rings (SSSR count). The Morgan fingerprint density at radius 2 is 2.10 bits per heavy atom. The second-order valence-electron chi connectivity index (χ2n) is 7.05. The Morgan fingerprint density at radius 1 is 1.32 bits per heavy atom. The zero-order valence-electron chi connectivity index (χ0n) is 16.0. The van der Waals surface area contributed by atoms with Crippen LogP contribution in [0.2, 0.25) is 5.02 Å². The number of hydrogen-bond donors (Lipinski definition) is 2. The first-order chi connectivity index (χ1) is 14.8. The first kappa shape index (κ1) is 20.9. The van der Waals surface area contributed by atoms with Crippen LogP contribution in [0, 0.1) is 11.7 Å². The highest BCUT2D eigenvalue weighted by Gasteiger charge is 2.33. The van der Waals surface area contributed by atoms with E-state index in [2.05, 4.69) is 15.0 Å². The lowest BCUT2D eigenvalue weighted by Gasteiger charge is -2.27. The van der Waals surface area contributed by atoms with Crippen molar-refractivity contribution in [2.45, 2.75) is 12.6 Å². The zero-order chi connectivity index (χ0) is 22.1.